The summed E-state index contributed by atoms with van der Waals surface area (Å²) in [6, 6.07) is -8.24. The van der Waals surface area contributed by atoms with Gasteiger partial charge in [-0.05, 0) is 53.0 Å². The molecule has 0 aliphatic carbocycles. The van der Waals surface area contributed by atoms with Crippen LogP contribution in [0.15, 0.2) is 0 Å². The zero-order valence-corrected chi connectivity index (χ0v) is 37.2. The largest absolute Gasteiger partial charge is 0.480 e. The third-order valence-electron chi connectivity index (χ3n) is 10.3. The van der Waals surface area contributed by atoms with Crippen molar-refractivity contribution >= 4 is 53.2 Å². The Bertz CT molecular complexity index is 1700. The molecule has 0 radical (unpaired) electrons. The molecule has 28 heteroatoms. The number of carboxylic acids is 1. The third-order valence-corrected chi connectivity index (χ3v) is 10.3. The van der Waals surface area contributed by atoms with Crippen LogP contribution >= 0.6 is 0 Å². The summed E-state index contributed by atoms with van der Waals surface area (Å²) in [5, 5.41) is 77.5. The van der Waals surface area contributed by atoms with Gasteiger partial charge in [0, 0.05) is 20.3 Å². The summed E-state index contributed by atoms with van der Waals surface area (Å²) in [6.45, 7) is 3.82. The first-order valence-electron chi connectivity index (χ1n) is 21.1. The number of carboxylic acid groups (broad SMARTS) is 1. The highest BCUT2D eigenvalue weighted by Gasteiger charge is 2.53. The Hall–Kier alpha value is -5.17. The summed E-state index contributed by atoms with van der Waals surface area (Å²) in [5.74, 6) is -8.01. The lowest BCUT2D eigenvalue weighted by molar-refractivity contribution is -0.333. The van der Waals surface area contributed by atoms with Crippen molar-refractivity contribution in [2.75, 3.05) is 26.3 Å². The Balaban J connectivity index is 2.19. The molecule has 15 atom stereocenters. The second-order valence-corrected chi connectivity index (χ2v) is 15.7. The van der Waals surface area contributed by atoms with Gasteiger partial charge < -0.3 is 98.3 Å². The van der Waals surface area contributed by atoms with Gasteiger partial charge in [0.25, 0.3) is 0 Å². The van der Waals surface area contributed by atoms with Crippen molar-refractivity contribution in [1.82, 2.24) is 37.2 Å². The summed E-state index contributed by atoms with van der Waals surface area (Å²) in [6.07, 6.45) is -14.6. The smallest absolute Gasteiger partial charge is 0.322 e. The van der Waals surface area contributed by atoms with Gasteiger partial charge in [0.05, 0.1) is 13.2 Å². The van der Waals surface area contributed by atoms with Crippen LogP contribution < -0.4 is 48.7 Å². The normalized spacial score (nSPS) is 27.3. The lowest BCUT2D eigenvalue weighted by atomic mass is 9.94. The van der Waals surface area contributed by atoms with Crippen LogP contribution in [0.4, 0.5) is 0 Å². The van der Waals surface area contributed by atoms with Crippen LogP contribution in [-0.2, 0) is 62.1 Å². The van der Waals surface area contributed by atoms with Crippen LogP contribution in [0, 0.1) is 0 Å². The van der Waals surface area contributed by atoms with E-state index >= 15 is 0 Å². The van der Waals surface area contributed by atoms with E-state index in [1.165, 1.54) is 20.8 Å². The molecule has 0 aromatic rings. The number of amides is 8. The molecule has 0 bridgehead atoms. The molecule has 28 nitrogen and oxygen atoms in total. The highest BCUT2D eigenvalue weighted by molar-refractivity contribution is 5.94. The number of aliphatic hydroxyl groups excluding tert-OH is 5. The van der Waals surface area contributed by atoms with Crippen molar-refractivity contribution < 1.29 is 92.7 Å². The number of rotatable bonds is 26. The second kappa shape index (κ2) is 27.5. The first kappa shape index (κ1) is 57.0. The van der Waals surface area contributed by atoms with Crippen LogP contribution in [-0.4, -0.2) is 202 Å². The standard InChI is InChI=1S/C38H65N9O19/c1-15(33(58)41-12-25(53)54)43-36(61)21(8-6-7-11-39)46-24(52)10-9-20(32(40)57)47-34(59)16(2)42-35(60)17(3)63-31-27(45-19(5)51)37(62)64-23(14-49)30(31)66-38-26(44-18(4)50)29(56)28(55)22(13-48)65-38/h15-17,20-23,26-31,37-38,48-49,55-56,62H,6-14,39H2,1-5H3,(H2,40,57)(H,41,58)(H,42,60)(H,43,61)(H,44,50)(H,45,51)(H,46,52)(H,47,59)(H,53,54). The maximum Gasteiger partial charge on any atom is 0.322 e. The number of carbonyl (C=O) groups excluding carboxylic acids is 8. The maximum atomic E-state index is 13.5. The summed E-state index contributed by atoms with van der Waals surface area (Å²) in [4.78, 5) is 112. The topological polar surface area (TPSA) is 448 Å². The lowest BCUT2D eigenvalue weighted by Gasteiger charge is -2.48. The number of carbonyl (C=O) groups is 9. The van der Waals surface area contributed by atoms with E-state index in [9.17, 15) is 68.7 Å². The summed E-state index contributed by atoms with van der Waals surface area (Å²) < 4.78 is 23.2. The quantitative estimate of drug-likeness (QED) is 0.0358. The second-order valence-electron chi connectivity index (χ2n) is 15.7. The van der Waals surface area contributed by atoms with E-state index in [1.807, 2.05) is 0 Å². The van der Waals surface area contributed by atoms with Crippen LogP contribution in [0.2, 0.25) is 0 Å². The number of nitrogens with one attached hydrogen (secondary N) is 7. The minimum atomic E-state index is -1.88. The van der Waals surface area contributed by atoms with Gasteiger partial charge in [-0.25, -0.2) is 0 Å². The molecule has 2 rings (SSSR count). The molecule has 8 amide bonds. The van der Waals surface area contributed by atoms with Crippen LogP contribution in [0.5, 0.6) is 0 Å². The van der Waals surface area contributed by atoms with E-state index < -0.39 is 171 Å². The number of hydrogen-bond donors (Lipinski definition) is 15. The van der Waals surface area contributed by atoms with Crippen molar-refractivity contribution in [2.45, 2.75) is 158 Å². The zero-order chi connectivity index (χ0) is 50.0. The van der Waals surface area contributed by atoms with Crippen molar-refractivity contribution in [2.24, 2.45) is 11.5 Å². The maximum absolute atomic E-state index is 13.5. The van der Waals surface area contributed by atoms with Crippen molar-refractivity contribution in [3.8, 4) is 0 Å². The predicted molar refractivity (Wildman–Crippen MR) is 221 cm³/mol. The SMILES string of the molecule is CC(=O)NC1C(OC2C(CO)OC(O)C(NC(C)=O)C2OC(C)C(=O)NC(C)C(=O)NC(CCC(=O)NC(CCCCN)C(=O)NC(C)C(=O)NCC(=O)O)C(N)=O)OC(CO)C(O)C1O. The third kappa shape index (κ3) is 17.6. The summed E-state index contributed by atoms with van der Waals surface area (Å²) >= 11 is 0. The summed E-state index contributed by atoms with van der Waals surface area (Å²) in [7, 11) is 0. The Morgan fingerprint density at radius 1 is 0.682 bits per heavy atom. The van der Waals surface area contributed by atoms with E-state index in [2.05, 4.69) is 37.2 Å². The highest BCUT2D eigenvalue weighted by atomic mass is 16.7. The molecule has 2 heterocycles. The minimum absolute atomic E-state index is 0.0977. The van der Waals surface area contributed by atoms with E-state index in [0.717, 1.165) is 13.8 Å². The van der Waals surface area contributed by atoms with Gasteiger partial charge >= 0.3 is 5.97 Å². The molecular weight excluding hydrogens is 886 g/mol. The monoisotopic (exact) mass is 951 g/mol. The molecular formula is C38H65N9O19. The van der Waals surface area contributed by atoms with E-state index in [-0.39, 0.29) is 19.4 Å². The van der Waals surface area contributed by atoms with E-state index in [4.69, 9.17) is 35.5 Å². The number of nitrogens with two attached hydrogens (primary N) is 2. The van der Waals surface area contributed by atoms with Crippen molar-refractivity contribution in [1.29, 1.82) is 0 Å². The minimum Gasteiger partial charge on any atom is -0.480 e. The molecule has 2 saturated heterocycles. The predicted octanol–water partition coefficient (Wildman–Crippen LogP) is -8.12. The molecule has 0 aromatic carbocycles. The van der Waals surface area contributed by atoms with Gasteiger partial charge in [0.2, 0.25) is 47.3 Å². The van der Waals surface area contributed by atoms with Gasteiger partial charge in [-0.15, -0.1) is 0 Å². The Morgan fingerprint density at radius 3 is 1.83 bits per heavy atom. The Kier molecular flexibility index (Phi) is 23.7. The number of primary amides is 1. The molecule has 0 aromatic heterocycles. The molecule has 0 spiro atoms. The fourth-order valence-corrected chi connectivity index (χ4v) is 6.80. The highest BCUT2D eigenvalue weighted by Crippen LogP contribution is 2.31. The van der Waals surface area contributed by atoms with Crippen LogP contribution in [0.3, 0.4) is 0 Å². The van der Waals surface area contributed by atoms with Gasteiger partial charge in [-0.2, -0.15) is 0 Å². The number of ether oxygens (including phenoxy) is 4. The van der Waals surface area contributed by atoms with E-state index in [0.29, 0.717) is 12.8 Å². The van der Waals surface area contributed by atoms with Crippen molar-refractivity contribution in [3.05, 3.63) is 0 Å². The lowest BCUT2D eigenvalue weighted by Crippen LogP contribution is -2.70. The first-order valence-corrected chi connectivity index (χ1v) is 21.1. The molecule has 2 fully saturated rings. The fraction of sp³-hybridized carbons (Fsp3) is 0.763. The molecule has 66 heavy (non-hydrogen) atoms. The Labute approximate surface area is 378 Å². The Morgan fingerprint density at radius 2 is 1.27 bits per heavy atom. The molecule has 2 aliphatic heterocycles. The van der Waals surface area contributed by atoms with Crippen LogP contribution in [0.1, 0.15) is 66.7 Å². The molecule has 2 aliphatic rings. The zero-order valence-electron chi connectivity index (χ0n) is 37.2. The van der Waals surface area contributed by atoms with Gasteiger partial charge in [-0.3, -0.25) is 43.2 Å². The molecule has 17 N–H and O–H groups in total. The van der Waals surface area contributed by atoms with Gasteiger partial charge in [-0.1, -0.05) is 0 Å². The number of aliphatic hydroxyl groups is 5. The number of aliphatic carboxylic acids is 1. The number of hydrogen-bond acceptors (Lipinski definition) is 19. The van der Waals surface area contributed by atoms with Gasteiger partial charge in [0.1, 0.15) is 85.5 Å². The van der Waals surface area contributed by atoms with E-state index in [1.54, 1.807) is 0 Å². The average molecular weight is 952 g/mol. The van der Waals surface area contributed by atoms with Crippen LogP contribution in [0.25, 0.3) is 0 Å². The first-order chi connectivity index (χ1) is 30.9. The molecule has 376 valence electrons. The number of unbranched alkanes of at least 4 members (excludes halogenated alkanes) is 1. The fourth-order valence-electron chi connectivity index (χ4n) is 6.80. The van der Waals surface area contributed by atoms with Crippen molar-refractivity contribution in [3.63, 3.8) is 0 Å². The molecule has 15 unspecified atom stereocenters. The van der Waals surface area contributed by atoms with Gasteiger partial charge in [0.15, 0.2) is 12.6 Å². The molecule has 0 saturated carbocycles. The average Bonchev–Trinajstić information content (AvgIpc) is 3.24. The summed E-state index contributed by atoms with van der Waals surface area (Å²) in [5.41, 5.74) is 11.1.